The van der Waals surface area contributed by atoms with Gasteiger partial charge in [0.25, 0.3) is 5.91 Å². The highest BCUT2D eigenvalue weighted by Gasteiger charge is 2.12. The second kappa shape index (κ2) is 8.06. The van der Waals surface area contributed by atoms with Gasteiger partial charge >= 0.3 is 0 Å². The molecule has 3 rings (SSSR count). The van der Waals surface area contributed by atoms with E-state index < -0.39 is 0 Å². The lowest BCUT2D eigenvalue weighted by Crippen LogP contribution is -2.16. The maximum atomic E-state index is 12.5. The van der Waals surface area contributed by atoms with Gasteiger partial charge in [-0.25, -0.2) is 4.68 Å². The zero-order valence-electron chi connectivity index (χ0n) is 14.6. The molecule has 1 aromatic heterocycles. The molecule has 134 valence electrons. The van der Waals surface area contributed by atoms with Crippen LogP contribution in [-0.2, 0) is 6.61 Å². The Kier molecular flexibility index (Phi) is 5.58. The minimum absolute atomic E-state index is 0.160. The molecule has 0 atom stereocenters. The Labute approximate surface area is 157 Å². The molecule has 0 unspecified atom stereocenters. The van der Waals surface area contributed by atoms with E-state index in [4.69, 9.17) is 16.3 Å². The molecule has 26 heavy (non-hydrogen) atoms. The third kappa shape index (κ3) is 4.43. The molecule has 0 spiro atoms. The van der Waals surface area contributed by atoms with E-state index in [1.54, 1.807) is 35.1 Å². The van der Waals surface area contributed by atoms with E-state index in [0.29, 0.717) is 28.8 Å². The van der Waals surface area contributed by atoms with Crippen LogP contribution < -0.4 is 10.1 Å². The summed E-state index contributed by atoms with van der Waals surface area (Å²) in [5, 5.41) is 7.77. The molecule has 6 heteroatoms. The largest absolute Gasteiger partial charge is 0.489 e. The number of amides is 1. The normalized spacial score (nSPS) is 10.8. The average Bonchev–Trinajstić information content (AvgIpc) is 3.09. The monoisotopic (exact) mass is 369 g/mol. The third-order valence-electron chi connectivity index (χ3n) is 3.79. The molecule has 3 aromatic rings. The van der Waals surface area contributed by atoms with Gasteiger partial charge in [-0.05, 0) is 49.7 Å². The summed E-state index contributed by atoms with van der Waals surface area (Å²) in [7, 11) is 0. The van der Waals surface area contributed by atoms with Crippen molar-refractivity contribution in [2.45, 2.75) is 26.5 Å². The average molecular weight is 370 g/mol. The van der Waals surface area contributed by atoms with Gasteiger partial charge in [-0.1, -0.05) is 29.8 Å². The smallest absolute Gasteiger partial charge is 0.256 e. The van der Waals surface area contributed by atoms with Crippen LogP contribution in [0.15, 0.2) is 60.8 Å². The minimum Gasteiger partial charge on any atom is -0.489 e. The highest BCUT2D eigenvalue weighted by Crippen LogP contribution is 2.19. The number of benzene rings is 2. The van der Waals surface area contributed by atoms with Crippen LogP contribution >= 0.6 is 11.6 Å². The second-order valence-electron chi connectivity index (χ2n) is 6.16. The van der Waals surface area contributed by atoms with Crippen molar-refractivity contribution in [3.8, 4) is 5.75 Å². The predicted molar refractivity (Wildman–Crippen MR) is 103 cm³/mol. The van der Waals surface area contributed by atoms with Crippen LogP contribution in [-0.4, -0.2) is 15.7 Å². The van der Waals surface area contributed by atoms with Gasteiger partial charge in [0, 0.05) is 22.7 Å². The molecule has 2 aromatic carbocycles. The summed E-state index contributed by atoms with van der Waals surface area (Å²) in [6.45, 7) is 4.39. The fraction of sp³-hybridized carbons (Fsp3) is 0.200. The molecule has 1 heterocycles. The Morgan fingerprint density at radius 1 is 1.19 bits per heavy atom. The first kappa shape index (κ1) is 18.0. The Hall–Kier alpha value is -2.79. The fourth-order valence-corrected chi connectivity index (χ4v) is 2.75. The number of aromatic nitrogens is 2. The molecule has 1 amide bonds. The number of carbonyl (C=O) groups excluding carboxylic acids is 1. The van der Waals surface area contributed by atoms with E-state index in [9.17, 15) is 4.79 Å². The van der Waals surface area contributed by atoms with Gasteiger partial charge in [-0.3, -0.25) is 4.79 Å². The van der Waals surface area contributed by atoms with Crippen LogP contribution in [0.1, 0.15) is 35.8 Å². The van der Waals surface area contributed by atoms with Gasteiger partial charge < -0.3 is 10.1 Å². The van der Waals surface area contributed by atoms with Crippen LogP contribution in [0.5, 0.6) is 5.75 Å². The molecular formula is C20H20ClN3O2. The van der Waals surface area contributed by atoms with Crippen molar-refractivity contribution in [3.05, 3.63) is 76.9 Å². The lowest BCUT2D eigenvalue weighted by atomic mass is 10.2. The third-order valence-corrected chi connectivity index (χ3v) is 4.03. The topological polar surface area (TPSA) is 56.2 Å². The molecule has 0 radical (unpaired) electrons. The molecule has 0 aliphatic heterocycles. The van der Waals surface area contributed by atoms with Gasteiger partial charge in [0.05, 0.1) is 6.20 Å². The Balaban J connectivity index is 1.68. The second-order valence-corrected chi connectivity index (χ2v) is 6.59. The van der Waals surface area contributed by atoms with Crippen LogP contribution in [0.3, 0.4) is 0 Å². The summed E-state index contributed by atoms with van der Waals surface area (Å²) in [5.74, 6) is 1.07. The van der Waals surface area contributed by atoms with Crippen molar-refractivity contribution in [2.75, 3.05) is 5.32 Å². The molecule has 0 bridgehead atoms. The van der Waals surface area contributed by atoms with Gasteiger partial charge in [0.2, 0.25) is 0 Å². The molecule has 1 N–H and O–H groups in total. The van der Waals surface area contributed by atoms with Crippen molar-refractivity contribution in [1.29, 1.82) is 0 Å². The van der Waals surface area contributed by atoms with Crippen LogP contribution in [0, 0.1) is 0 Å². The number of rotatable bonds is 6. The predicted octanol–water partition coefficient (Wildman–Crippen LogP) is 4.95. The summed E-state index contributed by atoms with van der Waals surface area (Å²) in [5.41, 5.74) is 1.48. The first-order chi connectivity index (χ1) is 12.5. The molecule has 0 saturated heterocycles. The van der Waals surface area contributed by atoms with E-state index in [1.807, 2.05) is 44.2 Å². The molecule has 0 aliphatic carbocycles. The number of nitrogens with zero attached hydrogens (tertiary/aromatic N) is 2. The zero-order chi connectivity index (χ0) is 18.5. The quantitative estimate of drug-likeness (QED) is 0.668. The maximum absolute atomic E-state index is 12.5. The summed E-state index contributed by atoms with van der Waals surface area (Å²) in [6.07, 6.45) is 1.67. The van der Waals surface area contributed by atoms with E-state index >= 15 is 0 Å². The lowest BCUT2D eigenvalue weighted by Gasteiger charge is -2.12. The Bertz CT molecular complexity index is 905. The van der Waals surface area contributed by atoms with E-state index in [1.165, 1.54) is 0 Å². The van der Waals surface area contributed by atoms with E-state index in [-0.39, 0.29) is 11.9 Å². The highest BCUT2D eigenvalue weighted by atomic mass is 35.5. The molecule has 0 aliphatic rings. The Morgan fingerprint density at radius 3 is 2.77 bits per heavy atom. The number of hydrogen-bond donors (Lipinski definition) is 1. The van der Waals surface area contributed by atoms with Crippen molar-refractivity contribution >= 4 is 23.3 Å². The first-order valence-corrected chi connectivity index (χ1v) is 8.73. The van der Waals surface area contributed by atoms with Gasteiger partial charge in [-0.2, -0.15) is 5.10 Å². The van der Waals surface area contributed by atoms with Gasteiger partial charge in [0.15, 0.2) is 0 Å². The van der Waals surface area contributed by atoms with Crippen molar-refractivity contribution < 1.29 is 9.53 Å². The number of nitrogens with one attached hydrogen (secondary N) is 1. The van der Waals surface area contributed by atoms with E-state index in [0.717, 1.165) is 5.56 Å². The number of anilines is 1. The van der Waals surface area contributed by atoms with Crippen LogP contribution in [0.4, 0.5) is 5.82 Å². The molecule has 0 saturated carbocycles. The molecule has 5 nitrogen and oxygen atoms in total. The van der Waals surface area contributed by atoms with Crippen LogP contribution in [0.2, 0.25) is 5.02 Å². The number of carbonyl (C=O) groups is 1. The van der Waals surface area contributed by atoms with Gasteiger partial charge in [-0.15, -0.1) is 0 Å². The summed E-state index contributed by atoms with van der Waals surface area (Å²) in [6, 6.07) is 16.5. The van der Waals surface area contributed by atoms with Gasteiger partial charge in [0.1, 0.15) is 18.2 Å². The standard InChI is InChI=1S/C20H20ClN3O2/c1-14(2)24-19(9-10-22-24)23-20(25)16-6-4-8-18(12-16)26-13-15-5-3-7-17(21)11-15/h3-12,14H,13H2,1-2H3,(H,23,25). The van der Waals surface area contributed by atoms with Crippen LogP contribution in [0.25, 0.3) is 0 Å². The van der Waals surface area contributed by atoms with Crippen molar-refractivity contribution in [3.63, 3.8) is 0 Å². The molecule has 0 fully saturated rings. The highest BCUT2D eigenvalue weighted by molar-refractivity contribution is 6.30. The fourth-order valence-electron chi connectivity index (χ4n) is 2.53. The number of halogens is 1. The minimum atomic E-state index is -0.208. The molecular weight excluding hydrogens is 350 g/mol. The number of hydrogen-bond acceptors (Lipinski definition) is 3. The summed E-state index contributed by atoms with van der Waals surface area (Å²) in [4.78, 5) is 12.5. The van der Waals surface area contributed by atoms with Crippen molar-refractivity contribution in [2.24, 2.45) is 0 Å². The summed E-state index contributed by atoms with van der Waals surface area (Å²) >= 11 is 5.98. The lowest BCUT2D eigenvalue weighted by molar-refractivity contribution is 0.102. The first-order valence-electron chi connectivity index (χ1n) is 8.35. The SMILES string of the molecule is CC(C)n1nccc1NC(=O)c1cccc(OCc2cccc(Cl)c2)c1. The zero-order valence-corrected chi connectivity index (χ0v) is 15.4. The Morgan fingerprint density at radius 2 is 2.00 bits per heavy atom. The summed E-state index contributed by atoms with van der Waals surface area (Å²) < 4.78 is 7.54. The number of ether oxygens (including phenoxy) is 1. The van der Waals surface area contributed by atoms with Crippen molar-refractivity contribution in [1.82, 2.24) is 9.78 Å². The van der Waals surface area contributed by atoms with E-state index in [2.05, 4.69) is 10.4 Å². The maximum Gasteiger partial charge on any atom is 0.256 e.